The van der Waals surface area contributed by atoms with E-state index in [0.717, 1.165) is 23.8 Å². The number of ether oxygens (including phenoxy) is 2. The van der Waals surface area contributed by atoms with E-state index in [4.69, 9.17) is 19.6 Å². The summed E-state index contributed by atoms with van der Waals surface area (Å²) in [5, 5.41) is 15.7. The Kier molecular flexibility index (Phi) is 8.76. The summed E-state index contributed by atoms with van der Waals surface area (Å²) in [5.74, 6) is 4.54. The maximum Gasteiger partial charge on any atom is 0.191 e. The van der Waals surface area contributed by atoms with Crippen LogP contribution in [0.2, 0.25) is 0 Å². The average molecular weight is 368 g/mol. The minimum atomic E-state index is -0.0215. The topological polar surface area (TPSA) is 75.1 Å². The van der Waals surface area contributed by atoms with Crippen molar-refractivity contribution in [2.45, 2.75) is 32.4 Å². The van der Waals surface area contributed by atoms with Gasteiger partial charge in [-0.15, -0.1) is 0 Å². The van der Waals surface area contributed by atoms with Crippen LogP contribution >= 0.6 is 11.8 Å². The number of rotatable bonds is 8. The molecule has 0 spiro atoms. The van der Waals surface area contributed by atoms with Crippen LogP contribution in [0, 0.1) is 0 Å². The number of aliphatic hydroxyl groups excluding tert-OH is 1. The number of nitrogens with one attached hydrogen (secondary N) is 2. The summed E-state index contributed by atoms with van der Waals surface area (Å²) in [6, 6.07) is 6.24. The van der Waals surface area contributed by atoms with Crippen molar-refractivity contribution in [3.05, 3.63) is 23.8 Å². The van der Waals surface area contributed by atoms with Crippen molar-refractivity contribution < 1.29 is 14.6 Å². The normalized spacial score (nSPS) is 17.9. The molecule has 6 nitrogen and oxygen atoms in total. The number of aliphatic hydroxyl groups is 1. The molecule has 0 aliphatic carbocycles. The summed E-state index contributed by atoms with van der Waals surface area (Å²) in [4.78, 5) is 4.69. The zero-order chi connectivity index (χ0) is 17.9. The van der Waals surface area contributed by atoms with Crippen LogP contribution in [0.3, 0.4) is 0 Å². The van der Waals surface area contributed by atoms with E-state index in [1.165, 1.54) is 18.6 Å². The van der Waals surface area contributed by atoms with Crippen LogP contribution in [-0.4, -0.2) is 55.5 Å². The second-order valence-corrected chi connectivity index (χ2v) is 6.96. The Labute approximate surface area is 154 Å². The molecule has 0 aromatic heterocycles. The van der Waals surface area contributed by atoms with Crippen LogP contribution in [-0.2, 0) is 6.54 Å². The van der Waals surface area contributed by atoms with Gasteiger partial charge in [0.15, 0.2) is 17.5 Å². The SMILES string of the molecule is CCNC(=NCc1ccc(OCCO)c(OC)c1)NC1CCCSC1. The Morgan fingerprint density at radius 1 is 1.40 bits per heavy atom. The lowest BCUT2D eigenvalue weighted by Crippen LogP contribution is -2.45. The summed E-state index contributed by atoms with van der Waals surface area (Å²) in [5.41, 5.74) is 1.04. The van der Waals surface area contributed by atoms with Gasteiger partial charge in [0.05, 0.1) is 20.3 Å². The van der Waals surface area contributed by atoms with E-state index in [9.17, 15) is 0 Å². The standard InChI is InChI=1S/C18H29N3O3S/c1-3-19-18(21-15-5-4-10-25-13-15)20-12-14-6-7-16(24-9-8-22)17(11-14)23-2/h6-7,11,15,22H,3-5,8-10,12-13H2,1-2H3,(H2,19,20,21). The second kappa shape index (κ2) is 11.1. The van der Waals surface area contributed by atoms with Gasteiger partial charge in [-0.2, -0.15) is 11.8 Å². The number of hydrogen-bond donors (Lipinski definition) is 3. The third-order valence-corrected chi connectivity index (χ3v) is 5.06. The quantitative estimate of drug-likeness (QED) is 0.482. The Hall–Kier alpha value is -1.60. The Bertz CT molecular complexity index is 548. The number of nitrogens with zero attached hydrogens (tertiary/aromatic N) is 1. The van der Waals surface area contributed by atoms with E-state index < -0.39 is 0 Å². The molecule has 1 aliphatic heterocycles. The fourth-order valence-corrected chi connectivity index (χ4v) is 3.70. The van der Waals surface area contributed by atoms with E-state index in [1.54, 1.807) is 7.11 Å². The van der Waals surface area contributed by atoms with Crippen LogP contribution in [0.25, 0.3) is 0 Å². The fourth-order valence-electron chi connectivity index (χ4n) is 2.62. The number of benzene rings is 1. The van der Waals surface area contributed by atoms with Gasteiger partial charge in [-0.05, 0) is 43.2 Å². The van der Waals surface area contributed by atoms with Gasteiger partial charge < -0.3 is 25.2 Å². The Morgan fingerprint density at radius 3 is 2.96 bits per heavy atom. The van der Waals surface area contributed by atoms with Gasteiger partial charge >= 0.3 is 0 Å². The highest BCUT2D eigenvalue weighted by atomic mass is 32.2. The van der Waals surface area contributed by atoms with Gasteiger partial charge in [0, 0.05) is 18.3 Å². The zero-order valence-electron chi connectivity index (χ0n) is 15.1. The van der Waals surface area contributed by atoms with E-state index in [1.807, 2.05) is 30.0 Å². The molecule has 0 radical (unpaired) electrons. The molecule has 0 amide bonds. The van der Waals surface area contributed by atoms with Crippen LogP contribution in [0.1, 0.15) is 25.3 Å². The van der Waals surface area contributed by atoms with Gasteiger partial charge in [-0.25, -0.2) is 4.99 Å². The van der Waals surface area contributed by atoms with Crippen molar-refractivity contribution in [3.8, 4) is 11.5 Å². The van der Waals surface area contributed by atoms with Crippen molar-refractivity contribution in [3.63, 3.8) is 0 Å². The molecular weight excluding hydrogens is 338 g/mol. The van der Waals surface area contributed by atoms with Gasteiger partial charge in [-0.1, -0.05) is 6.07 Å². The molecule has 2 rings (SSSR count). The summed E-state index contributed by atoms with van der Waals surface area (Å²) in [6.07, 6.45) is 2.45. The molecule has 1 atom stereocenters. The van der Waals surface area contributed by atoms with E-state index in [-0.39, 0.29) is 13.2 Å². The molecule has 3 N–H and O–H groups in total. The highest BCUT2D eigenvalue weighted by Gasteiger charge is 2.14. The first-order chi connectivity index (χ1) is 12.3. The minimum Gasteiger partial charge on any atom is -0.493 e. The molecule has 1 saturated heterocycles. The molecule has 7 heteroatoms. The maximum absolute atomic E-state index is 8.88. The predicted octanol–water partition coefficient (Wildman–Crippen LogP) is 2.02. The number of thioether (sulfide) groups is 1. The minimum absolute atomic E-state index is 0.0215. The van der Waals surface area contributed by atoms with Crippen LogP contribution in [0.5, 0.6) is 11.5 Å². The first-order valence-electron chi connectivity index (χ1n) is 8.80. The molecule has 1 aromatic rings. The molecule has 1 fully saturated rings. The lowest BCUT2D eigenvalue weighted by atomic mass is 10.2. The smallest absolute Gasteiger partial charge is 0.191 e. The molecule has 0 saturated carbocycles. The van der Waals surface area contributed by atoms with E-state index in [0.29, 0.717) is 24.1 Å². The highest BCUT2D eigenvalue weighted by molar-refractivity contribution is 7.99. The molecule has 1 aromatic carbocycles. The monoisotopic (exact) mass is 367 g/mol. The van der Waals surface area contributed by atoms with Crippen molar-refractivity contribution in [1.82, 2.24) is 10.6 Å². The van der Waals surface area contributed by atoms with Gasteiger partial charge in [0.1, 0.15) is 6.61 Å². The lowest BCUT2D eigenvalue weighted by Gasteiger charge is -2.24. The first kappa shape index (κ1) is 19.7. The third-order valence-electron chi connectivity index (χ3n) is 3.84. The molecule has 140 valence electrons. The van der Waals surface area contributed by atoms with Gasteiger partial charge in [0.2, 0.25) is 0 Å². The largest absolute Gasteiger partial charge is 0.493 e. The van der Waals surface area contributed by atoms with E-state index >= 15 is 0 Å². The van der Waals surface area contributed by atoms with Crippen LogP contribution in [0.4, 0.5) is 0 Å². The number of hydrogen-bond acceptors (Lipinski definition) is 5. The second-order valence-electron chi connectivity index (χ2n) is 5.81. The lowest BCUT2D eigenvalue weighted by molar-refractivity contribution is 0.196. The predicted molar refractivity (Wildman–Crippen MR) is 104 cm³/mol. The number of methoxy groups -OCH3 is 1. The Balaban J connectivity index is 2.00. The molecule has 0 bridgehead atoms. The molecule has 25 heavy (non-hydrogen) atoms. The van der Waals surface area contributed by atoms with Crippen molar-refractivity contribution in [2.24, 2.45) is 4.99 Å². The summed E-state index contributed by atoms with van der Waals surface area (Å²) >= 11 is 2.00. The Morgan fingerprint density at radius 2 is 2.28 bits per heavy atom. The molecule has 1 aliphatic rings. The summed E-state index contributed by atoms with van der Waals surface area (Å²) < 4.78 is 10.8. The number of aliphatic imine (C=N–C) groups is 1. The van der Waals surface area contributed by atoms with E-state index in [2.05, 4.69) is 17.6 Å². The van der Waals surface area contributed by atoms with Crippen LogP contribution < -0.4 is 20.1 Å². The number of guanidine groups is 1. The van der Waals surface area contributed by atoms with Crippen molar-refractivity contribution in [2.75, 3.05) is 38.4 Å². The molecule has 1 heterocycles. The average Bonchev–Trinajstić information content (AvgIpc) is 2.65. The summed E-state index contributed by atoms with van der Waals surface area (Å²) in [7, 11) is 1.61. The maximum atomic E-state index is 8.88. The van der Waals surface area contributed by atoms with Gasteiger partial charge in [0.25, 0.3) is 0 Å². The zero-order valence-corrected chi connectivity index (χ0v) is 15.9. The highest BCUT2D eigenvalue weighted by Crippen LogP contribution is 2.28. The first-order valence-corrected chi connectivity index (χ1v) is 9.95. The molecular formula is C18H29N3O3S. The molecule has 1 unspecified atom stereocenters. The van der Waals surface area contributed by atoms with Crippen molar-refractivity contribution >= 4 is 17.7 Å². The fraction of sp³-hybridized carbons (Fsp3) is 0.611. The van der Waals surface area contributed by atoms with Gasteiger partial charge in [-0.3, -0.25) is 0 Å². The van der Waals surface area contributed by atoms with Crippen molar-refractivity contribution in [1.29, 1.82) is 0 Å². The summed E-state index contributed by atoms with van der Waals surface area (Å²) in [6.45, 7) is 3.70. The third kappa shape index (κ3) is 6.66. The van der Waals surface area contributed by atoms with Crippen LogP contribution in [0.15, 0.2) is 23.2 Å².